The minimum atomic E-state index is -0.737. The Hall–Kier alpha value is -3.42. The summed E-state index contributed by atoms with van der Waals surface area (Å²) in [6.07, 6.45) is 1.08. The summed E-state index contributed by atoms with van der Waals surface area (Å²) in [5.74, 6) is -1.06. The number of carbonyl (C=O) groups excluding carboxylic acids is 3. The fraction of sp³-hybridized carbons (Fsp3) is 0.348. The second-order valence-electron chi connectivity index (χ2n) is 8.03. The largest absolute Gasteiger partial charge is 0.362 e. The van der Waals surface area contributed by atoms with Gasteiger partial charge in [0.05, 0.1) is 5.56 Å². The van der Waals surface area contributed by atoms with Crippen LogP contribution in [0.25, 0.3) is 0 Å². The third-order valence-electron chi connectivity index (χ3n) is 6.02. The highest BCUT2D eigenvalue weighted by Crippen LogP contribution is 2.32. The number of nitrogens with zero attached hydrogens (tertiary/aromatic N) is 1. The first kappa shape index (κ1) is 20.8. The van der Waals surface area contributed by atoms with Crippen LogP contribution in [-0.4, -0.2) is 40.9 Å². The number of amides is 3. The molecule has 1 fully saturated rings. The van der Waals surface area contributed by atoms with Gasteiger partial charge in [-0.05, 0) is 31.5 Å². The zero-order chi connectivity index (χ0) is 22.0. The van der Waals surface area contributed by atoms with Crippen molar-refractivity contribution < 1.29 is 18.8 Å². The van der Waals surface area contributed by atoms with Gasteiger partial charge in [0.2, 0.25) is 11.8 Å². The van der Waals surface area contributed by atoms with Crippen molar-refractivity contribution in [2.24, 2.45) is 0 Å². The van der Waals surface area contributed by atoms with E-state index >= 15 is 0 Å². The van der Waals surface area contributed by atoms with Crippen molar-refractivity contribution in [1.82, 2.24) is 15.5 Å². The first-order valence-electron chi connectivity index (χ1n) is 10.4. The Kier molecular flexibility index (Phi) is 5.63. The summed E-state index contributed by atoms with van der Waals surface area (Å²) in [5.41, 5.74) is 0.959. The summed E-state index contributed by atoms with van der Waals surface area (Å²) in [6.45, 7) is 2.02. The number of nitrogens with one attached hydrogen (secondary N) is 3. The van der Waals surface area contributed by atoms with Gasteiger partial charge in [0.25, 0.3) is 5.91 Å². The molecule has 0 bridgehead atoms. The lowest BCUT2D eigenvalue weighted by molar-refractivity contribution is -0.139. The number of likely N-dealkylation sites (tertiary alicyclic amines) is 1. The van der Waals surface area contributed by atoms with E-state index in [1.807, 2.05) is 12.1 Å². The molecule has 7 nitrogen and oxygen atoms in total. The number of carbonyl (C=O) groups is 3. The number of hydrogen-bond donors (Lipinski definition) is 3. The summed E-state index contributed by atoms with van der Waals surface area (Å²) in [5, 5.41) is 9.12. The Morgan fingerprint density at radius 1 is 1.13 bits per heavy atom. The van der Waals surface area contributed by atoms with E-state index in [0.717, 1.165) is 5.69 Å². The maximum Gasteiger partial charge on any atom is 0.255 e. The highest BCUT2D eigenvalue weighted by molar-refractivity contribution is 6.02. The molecule has 2 aliphatic heterocycles. The Morgan fingerprint density at radius 2 is 1.87 bits per heavy atom. The number of anilines is 1. The van der Waals surface area contributed by atoms with Crippen molar-refractivity contribution >= 4 is 23.4 Å². The molecule has 2 unspecified atom stereocenters. The van der Waals surface area contributed by atoms with Gasteiger partial charge in [0.15, 0.2) is 0 Å². The van der Waals surface area contributed by atoms with Gasteiger partial charge in [0.1, 0.15) is 17.5 Å². The van der Waals surface area contributed by atoms with Crippen LogP contribution in [-0.2, 0) is 16.1 Å². The molecule has 1 spiro atoms. The van der Waals surface area contributed by atoms with Crippen molar-refractivity contribution in [2.45, 2.75) is 44.4 Å². The lowest BCUT2D eigenvalue weighted by Gasteiger charge is -2.40. The molecule has 2 aromatic rings. The monoisotopic (exact) mass is 424 g/mol. The van der Waals surface area contributed by atoms with E-state index < -0.39 is 11.7 Å². The van der Waals surface area contributed by atoms with Gasteiger partial charge in [-0.1, -0.05) is 30.3 Å². The zero-order valence-electron chi connectivity index (χ0n) is 17.3. The van der Waals surface area contributed by atoms with Crippen molar-refractivity contribution in [2.75, 3.05) is 11.9 Å². The van der Waals surface area contributed by atoms with Crippen molar-refractivity contribution in [3.8, 4) is 0 Å². The second-order valence-corrected chi connectivity index (χ2v) is 8.03. The number of para-hydroxylation sites is 1. The van der Waals surface area contributed by atoms with Crippen molar-refractivity contribution in [3.63, 3.8) is 0 Å². The molecule has 2 aromatic carbocycles. The lowest BCUT2D eigenvalue weighted by Crippen LogP contribution is -2.58. The topological polar surface area (TPSA) is 90.5 Å². The average molecular weight is 424 g/mol. The molecule has 2 atom stereocenters. The van der Waals surface area contributed by atoms with Gasteiger partial charge in [-0.25, -0.2) is 4.39 Å². The molecule has 162 valence electrons. The third-order valence-corrected chi connectivity index (χ3v) is 6.02. The van der Waals surface area contributed by atoms with Crippen LogP contribution < -0.4 is 16.0 Å². The molecule has 0 radical (unpaired) electrons. The molecule has 2 heterocycles. The Morgan fingerprint density at radius 3 is 2.68 bits per heavy atom. The number of fused-ring (bicyclic) bond motifs is 1. The predicted molar refractivity (Wildman–Crippen MR) is 114 cm³/mol. The fourth-order valence-corrected chi connectivity index (χ4v) is 4.16. The highest BCUT2D eigenvalue weighted by Gasteiger charge is 2.41. The predicted octanol–water partition coefficient (Wildman–Crippen LogP) is 2.39. The minimum absolute atomic E-state index is 0.0518. The molecule has 3 N–H and O–H groups in total. The molecule has 8 heteroatoms. The summed E-state index contributed by atoms with van der Waals surface area (Å²) in [4.78, 5) is 39.5. The first-order chi connectivity index (χ1) is 14.9. The van der Waals surface area contributed by atoms with Crippen LogP contribution in [0.3, 0.4) is 0 Å². The van der Waals surface area contributed by atoms with E-state index in [-0.39, 0.29) is 36.5 Å². The molecule has 1 saturated heterocycles. The Bertz CT molecular complexity index is 1030. The molecule has 31 heavy (non-hydrogen) atoms. The van der Waals surface area contributed by atoms with Crippen molar-refractivity contribution in [3.05, 3.63) is 65.5 Å². The summed E-state index contributed by atoms with van der Waals surface area (Å²) < 4.78 is 13.8. The van der Waals surface area contributed by atoms with Crippen LogP contribution in [0.2, 0.25) is 0 Å². The van der Waals surface area contributed by atoms with Gasteiger partial charge in [-0.2, -0.15) is 0 Å². The summed E-state index contributed by atoms with van der Waals surface area (Å²) in [7, 11) is 0. The third kappa shape index (κ3) is 4.23. The number of rotatable bonds is 4. The van der Waals surface area contributed by atoms with Gasteiger partial charge >= 0.3 is 0 Å². The SMILES string of the molecule is CC(C(=O)NCc1ccccc1F)N1CCC2(CCC1=O)NC(=O)c1ccccc1N2. The Balaban J connectivity index is 1.43. The van der Waals surface area contributed by atoms with E-state index in [2.05, 4.69) is 16.0 Å². The maximum atomic E-state index is 13.8. The fourth-order valence-electron chi connectivity index (χ4n) is 4.16. The Labute approximate surface area is 180 Å². The normalized spacial score (nSPS) is 21.5. The van der Waals surface area contributed by atoms with Gasteiger partial charge in [0, 0.05) is 37.2 Å². The quantitative estimate of drug-likeness (QED) is 0.703. The average Bonchev–Trinajstić information content (AvgIpc) is 2.91. The molecule has 3 amide bonds. The van der Waals surface area contributed by atoms with Gasteiger partial charge < -0.3 is 20.9 Å². The van der Waals surface area contributed by atoms with Crippen LogP contribution in [0, 0.1) is 5.82 Å². The van der Waals surface area contributed by atoms with Crippen LogP contribution in [0.4, 0.5) is 10.1 Å². The zero-order valence-corrected chi connectivity index (χ0v) is 17.3. The van der Waals surface area contributed by atoms with Gasteiger partial charge in [-0.15, -0.1) is 0 Å². The molecule has 2 aliphatic rings. The van der Waals surface area contributed by atoms with Gasteiger partial charge in [-0.3, -0.25) is 14.4 Å². The number of hydrogen-bond acceptors (Lipinski definition) is 4. The summed E-state index contributed by atoms with van der Waals surface area (Å²) in [6, 6.07) is 12.8. The molecular weight excluding hydrogens is 399 g/mol. The maximum absolute atomic E-state index is 13.8. The van der Waals surface area contributed by atoms with E-state index in [1.165, 1.54) is 11.0 Å². The molecule has 0 saturated carbocycles. The minimum Gasteiger partial charge on any atom is -0.362 e. The number of halogens is 1. The van der Waals surface area contributed by atoms with Crippen LogP contribution in [0.15, 0.2) is 48.5 Å². The van der Waals surface area contributed by atoms with E-state index in [1.54, 1.807) is 37.3 Å². The molecule has 0 aromatic heterocycles. The highest BCUT2D eigenvalue weighted by atomic mass is 19.1. The first-order valence-corrected chi connectivity index (χ1v) is 10.4. The van der Waals surface area contributed by atoms with Crippen LogP contribution in [0.5, 0.6) is 0 Å². The molecule has 4 rings (SSSR count). The number of benzene rings is 2. The standard InChI is InChI=1S/C23H25FN4O3/c1-15(21(30)25-14-16-6-2-4-8-18(16)24)28-13-12-23(11-10-20(28)29)26-19-9-5-3-7-17(19)22(31)27-23/h2-9,15,26H,10-14H2,1H3,(H,25,30)(H,27,31). The molecular formula is C23H25FN4O3. The second kappa shape index (κ2) is 8.37. The van der Waals surface area contributed by atoms with Crippen LogP contribution >= 0.6 is 0 Å². The van der Waals surface area contributed by atoms with Crippen LogP contribution in [0.1, 0.15) is 42.1 Å². The smallest absolute Gasteiger partial charge is 0.255 e. The van der Waals surface area contributed by atoms with Crippen molar-refractivity contribution in [1.29, 1.82) is 0 Å². The van der Waals surface area contributed by atoms with E-state index in [4.69, 9.17) is 0 Å². The molecule has 0 aliphatic carbocycles. The lowest BCUT2D eigenvalue weighted by atomic mass is 9.95. The van der Waals surface area contributed by atoms with E-state index in [0.29, 0.717) is 30.5 Å². The van der Waals surface area contributed by atoms with E-state index in [9.17, 15) is 18.8 Å². The summed E-state index contributed by atoms with van der Waals surface area (Å²) >= 11 is 0.